The predicted molar refractivity (Wildman–Crippen MR) is 75.2 cm³/mol. The number of hydrogen-bond acceptors (Lipinski definition) is 5. The molecule has 5 heteroatoms. The molecule has 3 rings (SSSR count). The summed E-state index contributed by atoms with van der Waals surface area (Å²) in [5.74, 6) is 1.58. The molecule has 0 amide bonds. The lowest BCUT2D eigenvalue weighted by molar-refractivity contribution is 0.174. The summed E-state index contributed by atoms with van der Waals surface area (Å²) in [6.07, 6.45) is 0. The van der Waals surface area contributed by atoms with Gasteiger partial charge in [0.05, 0.1) is 11.4 Å². The van der Waals surface area contributed by atoms with Crippen LogP contribution in [0.1, 0.15) is 5.56 Å². The number of nitrogens with two attached hydrogens (primary N) is 2. The number of hydrogen-bond donors (Lipinski definition) is 3. The van der Waals surface area contributed by atoms with Crippen molar-refractivity contribution in [2.45, 2.75) is 6.54 Å². The molecule has 1 heterocycles. The lowest BCUT2D eigenvalue weighted by Gasteiger charge is -2.09. The summed E-state index contributed by atoms with van der Waals surface area (Å²) in [5.41, 5.74) is 14.7. The number of anilines is 3. The lowest BCUT2D eigenvalue weighted by Crippen LogP contribution is -2.01. The molecule has 0 aliphatic carbocycles. The molecule has 0 saturated heterocycles. The van der Waals surface area contributed by atoms with Crippen LogP contribution < -0.4 is 26.3 Å². The molecule has 0 fully saturated rings. The van der Waals surface area contributed by atoms with Crippen LogP contribution in [0.15, 0.2) is 36.4 Å². The van der Waals surface area contributed by atoms with Gasteiger partial charge in [0.15, 0.2) is 11.5 Å². The topological polar surface area (TPSA) is 82.5 Å². The Balaban J connectivity index is 1.70. The Bertz CT molecular complexity index is 614. The zero-order valence-electron chi connectivity index (χ0n) is 10.3. The zero-order chi connectivity index (χ0) is 13.2. The maximum Gasteiger partial charge on any atom is 0.231 e. The van der Waals surface area contributed by atoms with Crippen LogP contribution in [-0.4, -0.2) is 6.79 Å². The predicted octanol–water partition coefficient (Wildman–Crippen LogP) is 2.19. The van der Waals surface area contributed by atoms with Crippen molar-refractivity contribution in [3.8, 4) is 11.5 Å². The van der Waals surface area contributed by atoms with Crippen molar-refractivity contribution in [1.82, 2.24) is 0 Å². The van der Waals surface area contributed by atoms with Gasteiger partial charge in [-0.25, -0.2) is 0 Å². The second-order valence-electron chi connectivity index (χ2n) is 4.38. The van der Waals surface area contributed by atoms with Crippen LogP contribution in [0.3, 0.4) is 0 Å². The highest BCUT2D eigenvalue weighted by molar-refractivity contribution is 5.69. The number of rotatable bonds is 3. The van der Waals surface area contributed by atoms with E-state index in [1.807, 2.05) is 30.3 Å². The molecule has 98 valence electrons. The molecule has 0 unspecified atom stereocenters. The Morgan fingerprint density at radius 3 is 2.63 bits per heavy atom. The maximum absolute atomic E-state index is 5.76. The molecule has 0 saturated carbocycles. The van der Waals surface area contributed by atoms with Crippen molar-refractivity contribution in [3.05, 3.63) is 42.0 Å². The van der Waals surface area contributed by atoms with Gasteiger partial charge in [0.25, 0.3) is 0 Å². The fraction of sp³-hybridized carbons (Fsp3) is 0.143. The third-order valence-electron chi connectivity index (χ3n) is 3.02. The Labute approximate surface area is 111 Å². The first-order valence-corrected chi connectivity index (χ1v) is 6.00. The van der Waals surface area contributed by atoms with Gasteiger partial charge in [-0.3, -0.25) is 0 Å². The summed E-state index contributed by atoms with van der Waals surface area (Å²) in [4.78, 5) is 0. The highest BCUT2D eigenvalue weighted by Gasteiger charge is 2.12. The minimum atomic E-state index is 0.292. The van der Waals surface area contributed by atoms with E-state index in [2.05, 4.69) is 5.32 Å². The van der Waals surface area contributed by atoms with Crippen LogP contribution in [0.2, 0.25) is 0 Å². The zero-order valence-corrected chi connectivity index (χ0v) is 10.3. The molecular formula is C14H15N3O2. The molecule has 2 aromatic rings. The fourth-order valence-electron chi connectivity index (χ4n) is 1.94. The van der Waals surface area contributed by atoms with Gasteiger partial charge >= 0.3 is 0 Å². The van der Waals surface area contributed by atoms with E-state index < -0.39 is 0 Å². The fourth-order valence-corrected chi connectivity index (χ4v) is 1.94. The van der Waals surface area contributed by atoms with E-state index in [1.54, 1.807) is 6.07 Å². The first kappa shape index (κ1) is 11.5. The number of ether oxygens (including phenoxy) is 2. The summed E-state index contributed by atoms with van der Waals surface area (Å²) in [6, 6.07) is 11.4. The van der Waals surface area contributed by atoms with E-state index in [4.69, 9.17) is 20.9 Å². The highest BCUT2D eigenvalue weighted by atomic mass is 16.7. The van der Waals surface area contributed by atoms with E-state index in [0.29, 0.717) is 24.7 Å². The van der Waals surface area contributed by atoms with E-state index >= 15 is 0 Å². The van der Waals surface area contributed by atoms with Gasteiger partial charge in [-0.2, -0.15) is 0 Å². The van der Waals surface area contributed by atoms with Crippen molar-refractivity contribution in [1.29, 1.82) is 0 Å². The Morgan fingerprint density at radius 2 is 1.79 bits per heavy atom. The number of benzene rings is 2. The van der Waals surface area contributed by atoms with Crippen molar-refractivity contribution in [3.63, 3.8) is 0 Å². The smallest absolute Gasteiger partial charge is 0.231 e. The average Bonchev–Trinajstić information content (AvgIpc) is 2.87. The lowest BCUT2D eigenvalue weighted by atomic mass is 10.2. The molecule has 5 N–H and O–H groups in total. The molecule has 19 heavy (non-hydrogen) atoms. The average molecular weight is 257 g/mol. The summed E-state index contributed by atoms with van der Waals surface area (Å²) in [7, 11) is 0. The Kier molecular flexibility index (Phi) is 2.79. The summed E-state index contributed by atoms with van der Waals surface area (Å²) in [5, 5.41) is 3.29. The minimum absolute atomic E-state index is 0.292. The summed E-state index contributed by atoms with van der Waals surface area (Å²) >= 11 is 0. The van der Waals surface area contributed by atoms with Gasteiger partial charge < -0.3 is 26.3 Å². The summed E-state index contributed by atoms with van der Waals surface area (Å²) in [6.45, 7) is 0.973. The SMILES string of the molecule is Nc1ccc(NCc2ccc3c(c2)OCO3)cc1N. The van der Waals surface area contributed by atoms with Gasteiger partial charge in [0.1, 0.15) is 0 Å². The van der Waals surface area contributed by atoms with Crippen LogP contribution in [0.4, 0.5) is 17.1 Å². The van der Waals surface area contributed by atoms with Gasteiger partial charge in [0, 0.05) is 12.2 Å². The van der Waals surface area contributed by atoms with Crippen molar-refractivity contribution < 1.29 is 9.47 Å². The van der Waals surface area contributed by atoms with Crippen LogP contribution in [0.5, 0.6) is 11.5 Å². The molecule has 0 bridgehead atoms. The largest absolute Gasteiger partial charge is 0.454 e. The molecule has 5 nitrogen and oxygen atoms in total. The van der Waals surface area contributed by atoms with Crippen molar-refractivity contribution in [2.75, 3.05) is 23.6 Å². The second-order valence-corrected chi connectivity index (χ2v) is 4.38. The van der Waals surface area contributed by atoms with Crippen LogP contribution in [0, 0.1) is 0 Å². The molecule has 0 spiro atoms. The van der Waals surface area contributed by atoms with E-state index in [1.165, 1.54) is 0 Å². The third kappa shape index (κ3) is 2.35. The monoisotopic (exact) mass is 257 g/mol. The van der Waals surface area contributed by atoms with Crippen molar-refractivity contribution in [2.24, 2.45) is 0 Å². The summed E-state index contributed by atoms with van der Waals surface area (Å²) < 4.78 is 10.6. The Morgan fingerprint density at radius 1 is 0.947 bits per heavy atom. The standard InChI is InChI=1S/C14H15N3O2/c15-11-3-2-10(6-12(11)16)17-7-9-1-4-13-14(5-9)19-8-18-13/h1-6,17H,7-8,15-16H2. The Hall–Kier alpha value is -2.56. The molecule has 0 radical (unpaired) electrons. The number of fused-ring (bicyclic) bond motifs is 1. The van der Waals surface area contributed by atoms with Crippen LogP contribution >= 0.6 is 0 Å². The van der Waals surface area contributed by atoms with Crippen LogP contribution in [0.25, 0.3) is 0 Å². The second kappa shape index (κ2) is 4.61. The minimum Gasteiger partial charge on any atom is -0.454 e. The first-order chi connectivity index (χ1) is 9.22. The molecular weight excluding hydrogens is 242 g/mol. The highest BCUT2D eigenvalue weighted by Crippen LogP contribution is 2.32. The molecule has 1 aliphatic heterocycles. The van der Waals surface area contributed by atoms with Gasteiger partial charge in [-0.1, -0.05) is 6.07 Å². The molecule has 0 aromatic heterocycles. The third-order valence-corrected chi connectivity index (χ3v) is 3.02. The van der Waals surface area contributed by atoms with E-state index in [9.17, 15) is 0 Å². The van der Waals surface area contributed by atoms with Gasteiger partial charge in [-0.15, -0.1) is 0 Å². The number of nitrogen functional groups attached to an aromatic ring is 2. The maximum atomic E-state index is 5.76. The molecule has 1 aliphatic rings. The molecule has 0 atom stereocenters. The normalized spacial score (nSPS) is 12.4. The van der Waals surface area contributed by atoms with E-state index in [0.717, 1.165) is 22.7 Å². The first-order valence-electron chi connectivity index (χ1n) is 6.00. The van der Waals surface area contributed by atoms with Crippen LogP contribution in [-0.2, 0) is 6.54 Å². The van der Waals surface area contributed by atoms with Crippen molar-refractivity contribution >= 4 is 17.1 Å². The number of nitrogens with one attached hydrogen (secondary N) is 1. The molecule has 2 aromatic carbocycles. The van der Waals surface area contributed by atoms with E-state index in [-0.39, 0.29) is 0 Å². The van der Waals surface area contributed by atoms with Gasteiger partial charge in [-0.05, 0) is 35.9 Å². The van der Waals surface area contributed by atoms with Gasteiger partial charge in [0.2, 0.25) is 6.79 Å². The quantitative estimate of drug-likeness (QED) is 0.734.